The maximum Gasteiger partial charge on any atom is 0.408 e. The Morgan fingerprint density at radius 1 is 1.14 bits per heavy atom. The smallest absolute Gasteiger partial charge is 0.408 e. The van der Waals surface area contributed by atoms with Gasteiger partial charge in [-0.25, -0.2) is 4.79 Å². The normalized spacial score (nSPS) is 12.0. The average Bonchev–Trinajstić information content (AvgIpc) is 2.56. The largest absolute Gasteiger partial charge is 0.444 e. The molecule has 1 aromatic heterocycles. The summed E-state index contributed by atoms with van der Waals surface area (Å²) in [4.78, 5) is 27.8. The minimum absolute atomic E-state index is 0. The molecule has 29 heavy (non-hydrogen) atoms. The highest BCUT2D eigenvalue weighted by molar-refractivity contribution is 14.0. The lowest BCUT2D eigenvalue weighted by Crippen LogP contribution is -2.54. The van der Waals surface area contributed by atoms with Crippen molar-refractivity contribution in [2.75, 3.05) is 20.1 Å². The van der Waals surface area contributed by atoms with Gasteiger partial charge in [0.05, 0.1) is 5.54 Å². The second-order valence-electron chi connectivity index (χ2n) is 8.30. The fourth-order valence-corrected chi connectivity index (χ4v) is 2.41. The van der Waals surface area contributed by atoms with E-state index in [2.05, 4.69) is 20.9 Å². The molecule has 8 nitrogen and oxygen atoms in total. The summed E-state index contributed by atoms with van der Waals surface area (Å²) in [5.74, 6) is 0.663. The molecule has 0 unspecified atom stereocenters. The van der Waals surface area contributed by atoms with Gasteiger partial charge < -0.3 is 25.3 Å². The maximum absolute atomic E-state index is 11.9. The van der Waals surface area contributed by atoms with E-state index in [4.69, 9.17) is 4.74 Å². The zero-order chi connectivity index (χ0) is 21.2. The Balaban J connectivity index is 0.00000784. The number of aliphatic imine (C=N–C) groups is 1. The Morgan fingerprint density at radius 3 is 2.41 bits per heavy atom. The predicted molar refractivity (Wildman–Crippen MR) is 128 cm³/mol. The number of amides is 1. The van der Waals surface area contributed by atoms with E-state index in [0.29, 0.717) is 19.0 Å². The lowest BCUT2D eigenvalue weighted by Gasteiger charge is -2.29. The van der Waals surface area contributed by atoms with E-state index in [1.807, 2.05) is 40.7 Å². The number of ether oxygens (including phenoxy) is 1. The van der Waals surface area contributed by atoms with E-state index < -0.39 is 17.2 Å². The van der Waals surface area contributed by atoms with Crippen LogP contribution in [0.3, 0.4) is 0 Å². The third-order valence-electron chi connectivity index (χ3n) is 3.78. The zero-order valence-corrected chi connectivity index (χ0v) is 20.7. The highest BCUT2D eigenvalue weighted by atomic mass is 127. The summed E-state index contributed by atoms with van der Waals surface area (Å²) in [6, 6.07) is 5.17. The van der Waals surface area contributed by atoms with Gasteiger partial charge in [-0.15, -0.1) is 24.0 Å². The molecule has 0 atom stereocenters. The number of aromatic nitrogens is 1. The summed E-state index contributed by atoms with van der Waals surface area (Å²) in [5, 5.41) is 9.30. The molecule has 1 aromatic rings. The molecule has 0 aliphatic carbocycles. The lowest BCUT2D eigenvalue weighted by atomic mass is 10.1. The molecule has 0 aliphatic rings. The number of rotatable bonds is 8. The highest BCUT2D eigenvalue weighted by Gasteiger charge is 2.24. The molecule has 0 aliphatic heterocycles. The summed E-state index contributed by atoms with van der Waals surface area (Å²) < 4.78 is 7.00. The molecule has 0 radical (unpaired) electrons. The van der Waals surface area contributed by atoms with Crippen LogP contribution in [0.5, 0.6) is 0 Å². The van der Waals surface area contributed by atoms with Gasteiger partial charge in [0.2, 0.25) is 5.56 Å². The minimum atomic E-state index is -0.532. The predicted octanol–water partition coefficient (Wildman–Crippen LogP) is 2.71. The molecule has 166 valence electrons. The van der Waals surface area contributed by atoms with E-state index in [-0.39, 0.29) is 29.5 Å². The van der Waals surface area contributed by atoms with Gasteiger partial charge in [0.25, 0.3) is 0 Å². The molecule has 3 N–H and O–H groups in total. The van der Waals surface area contributed by atoms with Crippen molar-refractivity contribution in [1.82, 2.24) is 20.5 Å². The summed E-state index contributed by atoms with van der Waals surface area (Å²) in [6.07, 6.45) is 3.15. The van der Waals surface area contributed by atoms with Gasteiger partial charge in [-0.1, -0.05) is 6.07 Å². The second-order valence-corrected chi connectivity index (χ2v) is 8.30. The van der Waals surface area contributed by atoms with Crippen LogP contribution in [-0.4, -0.2) is 47.9 Å². The van der Waals surface area contributed by atoms with Crippen LogP contribution in [0.15, 0.2) is 34.2 Å². The molecule has 0 aromatic carbocycles. The summed E-state index contributed by atoms with van der Waals surface area (Å²) in [7, 11) is 1.70. The number of nitrogens with one attached hydrogen (secondary N) is 3. The molecule has 1 heterocycles. The molecule has 0 bridgehead atoms. The first kappa shape index (κ1) is 27.2. The van der Waals surface area contributed by atoms with Crippen LogP contribution < -0.4 is 21.5 Å². The number of carbonyl (C=O) groups is 1. The van der Waals surface area contributed by atoms with Gasteiger partial charge in [0, 0.05) is 38.9 Å². The van der Waals surface area contributed by atoms with Gasteiger partial charge in [-0.3, -0.25) is 9.79 Å². The number of aryl methyl sites for hydroxylation is 1. The summed E-state index contributed by atoms with van der Waals surface area (Å²) in [6.45, 7) is 11.2. The number of hydrogen-bond donors (Lipinski definition) is 3. The van der Waals surface area contributed by atoms with Crippen LogP contribution in [0.1, 0.15) is 47.5 Å². The van der Waals surface area contributed by atoms with E-state index in [1.54, 1.807) is 29.9 Å². The monoisotopic (exact) mass is 521 g/mol. The molecule has 9 heteroatoms. The highest BCUT2D eigenvalue weighted by Crippen LogP contribution is 2.09. The first-order chi connectivity index (χ1) is 13.0. The Hall–Kier alpha value is -1.78. The van der Waals surface area contributed by atoms with Crippen molar-refractivity contribution in [3.8, 4) is 0 Å². The number of halogens is 1. The third-order valence-corrected chi connectivity index (χ3v) is 3.78. The van der Waals surface area contributed by atoms with E-state index >= 15 is 0 Å². The number of alkyl carbamates (subject to hydrolysis) is 1. The molecular formula is C20H36IN5O3. The average molecular weight is 521 g/mol. The van der Waals surface area contributed by atoms with Gasteiger partial charge >= 0.3 is 6.09 Å². The first-order valence-electron chi connectivity index (χ1n) is 9.63. The molecule has 0 saturated heterocycles. The minimum Gasteiger partial charge on any atom is -0.444 e. The Bertz CT molecular complexity index is 711. The topological polar surface area (TPSA) is 96.8 Å². The Morgan fingerprint density at radius 2 is 1.83 bits per heavy atom. The molecule has 0 saturated carbocycles. The van der Waals surface area contributed by atoms with Crippen molar-refractivity contribution in [1.29, 1.82) is 0 Å². The number of pyridine rings is 1. The molecule has 0 fully saturated rings. The van der Waals surface area contributed by atoms with Gasteiger partial charge in [0.1, 0.15) is 5.60 Å². The van der Waals surface area contributed by atoms with Crippen molar-refractivity contribution in [3.63, 3.8) is 0 Å². The Labute approximate surface area is 190 Å². The lowest BCUT2D eigenvalue weighted by molar-refractivity contribution is 0.0474. The van der Waals surface area contributed by atoms with Crippen molar-refractivity contribution in [2.45, 2.75) is 65.1 Å². The van der Waals surface area contributed by atoms with Gasteiger partial charge in [-0.2, -0.15) is 0 Å². The third kappa shape index (κ3) is 12.4. The van der Waals surface area contributed by atoms with Crippen LogP contribution in [-0.2, 0) is 11.3 Å². The number of unbranched alkanes of at least 4 members (excludes halogenated alkanes) is 1. The van der Waals surface area contributed by atoms with Crippen molar-refractivity contribution in [3.05, 3.63) is 34.7 Å². The van der Waals surface area contributed by atoms with E-state index in [9.17, 15) is 9.59 Å². The fraction of sp³-hybridized carbons (Fsp3) is 0.650. The van der Waals surface area contributed by atoms with Gasteiger partial charge in [-0.05, 0) is 53.5 Å². The molecule has 1 rings (SSSR count). The summed E-state index contributed by atoms with van der Waals surface area (Å²) >= 11 is 0. The SMILES string of the molecule is CN=C(NCCCCn1ccccc1=O)NCC(C)(C)NC(=O)OC(C)(C)C.I. The number of hydrogen-bond acceptors (Lipinski definition) is 4. The van der Waals surface area contributed by atoms with Crippen LogP contribution in [0.2, 0.25) is 0 Å². The number of nitrogens with zero attached hydrogens (tertiary/aromatic N) is 2. The first-order valence-corrected chi connectivity index (χ1v) is 9.63. The summed E-state index contributed by atoms with van der Waals surface area (Å²) in [5.41, 5.74) is -1.02. The molecule has 0 spiro atoms. The zero-order valence-electron chi connectivity index (χ0n) is 18.4. The number of carbonyl (C=O) groups excluding carboxylic acids is 1. The van der Waals surface area contributed by atoms with E-state index in [0.717, 1.165) is 19.4 Å². The van der Waals surface area contributed by atoms with Crippen LogP contribution >= 0.6 is 24.0 Å². The molecular weight excluding hydrogens is 485 g/mol. The second kappa shape index (κ2) is 12.7. The quantitative estimate of drug-likeness (QED) is 0.212. The number of guanidine groups is 1. The van der Waals surface area contributed by atoms with Crippen molar-refractivity contribution >= 4 is 36.0 Å². The van der Waals surface area contributed by atoms with Gasteiger partial charge in [0.15, 0.2) is 5.96 Å². The van der Waals surface area contributed by atoms with E-state index in [1.165, 1.54) is 0 Å². The van der Waals surface area contributed by atoms with Crippen LogP contribution in [0, 0.1) is 0 Å². The van der Waals surface area contributed by atoms with Crippen LogP contribution in [0.25, 0.3) is 0 Å². The molecule has 1 amide bonds. The Kier molecular flexibility index (Phi) is 11.9. The fourth-order valence-electron chi connectivity index (χ4n) is 2.41. The standard InChI is InChI=1S/C20H35N5O3.HI/c1-19(2,3)28-18(27)24-20(4,5)15-23-17(21-6)22-12-8-10-14-25-13-9-7-11-16(25)26;/h7,9,11,13H,8,10,12,14-15H2,1-6H3,(H,24,27)(H2,21,22,23);1H. The van der Waals surface area contributed by atoms with Crippen molar-refractivity contribution < 1.29 is 9.53 Å². The maximum atomic E-state index is 11.9. The van der Waals surface area contributed by atoms with Crippen LogP contribution in [0.4, 0.5) is 4.79 Å². The van der Waals surface area contributed by atoms with Crippen molar-refractivity contribution in [2.24, 2.45) is 4.99 Å².